The van der Waals surface area contributed by atoms with Crippen LogP contribution in [0.5, 0.6) is 0 Å². The molecule has 0 saturated carbocycles. The molecule has 0 spiro atoms. The minimum absolute atomic E-state index is 0.255. The Labute approximate surface area is 62.2 Å². The number of hydrogen-bond acceptors (Lipinski definition) is 2. The van der Waals surface area contributed by atoms with E-state index in [1.807, 2.05) is 6.92 Å². The van der Waals surface area contributed by atoms with E-state index >= 15 is 0 Å². The highest BCUT2D eigenvalue weighted by molar-refractivity contribution is 4.68. The van der Waals surface area contributed by atoms with E-state index in [1.165, 1.54) is 12.8 Å². The van der Waals surface area contributed by atoms with Gasteiger partial charge in [-0.1, -0.05) is 6.92 Å². The predicted octanol–water partition coefficient (Wildman–Crippen LogP) is 1.18. The van der Waals surface area contributed by atoms with Crippen LogP contribution in [0.25, 0.3) is 0 Å². The highest BCUT2D eigenvalue weighted by Gasteiger charge is 2.19. The van der Waals surface area contributed by atoms with Gasteiger partial charge in [0.15, 0.2) is 0 Å². The van der Waals surface area contributed by atoms with Crippen molar-refractivity contribution in [1.29, 1.82) is 0 Å². The normalized spacial score (nSPS) is 30.0. The monoisotopic (exact) mass is 144 g/mol. The zero-order valence-electron chi connectivity index (χ0n) is 6.55. The van der Waals surface area contributed by atoms with Crippen molar-refractivity contribution >= 4 is 0 Å². The molecule has 1 aliphatic heterocycles. The molecule has 1 rings (SSSR count). The zero-order chi connectivity index (χ0) is 7.40. The summed E-state index contributed by atoms with van der Waals surface area (Å²) >= 11 is 0. The molecule has 0 aliphatic carbocycles. The number of hydrogen-bond donors (Lipinski definition) is 1. The molecule has 0 bridgehead atoms. The maximum absolute atomic E-state index is 8.81. The summed E-state index contributed by atoms with van der Waals surface area (Å²) in [5.41, 5.74) is 0. The van der Waals surface area contributed by atoms with E-state index in [4.69, 9.17) is 9.84 Å². The average molecular weight is 144 g/mol. The molecule has 60 valence electrons. The van der Waals surface area contributed by atoms with Gasteiger partial charge in [-0.25, -0.2) is 0 Å². The summed E-state index contributed by atoms with van der Waals surface area (Å²) in [5, 5.41) is 8.81. The second-order valence-corrected chi connectivity index (χ2v) is 3.06. The first-order chi connectivity index (χ1) is 4.84. The molecule has 1 aliphatic rings. The summed E-state index contributed by atoms with van der Waals surface area (Å²) in [7, 11) is 0. The predicted molar refractivity (Wildman–Crippen MR) is 39.8 cm³/mol. The van der Waals surface area contributed by atoms with Gasteiger partial charge >= 0.3 is 0 Å². The molecule has 1 saturated heterocycles. The Balaban J connectivity index is 2.24. The first-order valence-electron chi connectivity index (χ1n) is 4.07. The van der Waals surface area contributed by atoms with Crippen molar-refractivity contribution in [2.45, 2.75) is 32.3 Å². The Morgan fingerprint density at radius 3 is 2.90 bits per heavy atom. The van der Waals surface area contributed by atoms with Gasteiger partial charge in [0, 0.05) is 19.1 Å². The summed E-state index contributed by atoms with van der Waals surface area (Å²) in [5.74, 6) is 0.320. The van der Waals surface area contributed by atoms with Crippen molar-refractivity contribution in [2.75, 3.05) is 13.2 Å². The van der Waals surface area contributed by atoms with Crippen LogP contribution in [0.15, 0.2) is 0 Å². The topological polar surface area (TPSA) is 29.5 Å². The van der Waals surface area contributed by atoms with E-state index in [9.17, 15) is 0 Å². The molecule has 2 unspecified atom stereocenters. The van der Waals surface area contributed by atoms with Crippen LogP contribution < -0.4 is 0 Å². The average Bonchev–Trinajstić information content (AvgIpc) is 2.05. The third kappa shape index (κ3) is 1.96. The fourth-order valence-corrected chi connectivity index (χ4v) is 1.33. The molecule has 1 heterocycles. The highest BCUT2D eigenvalue weighted by Crippen LogP contribution is 2.19. The summed E-state index contributed by atoms with van der Waals surface area (Å²) in [6, 6.07) is 0. The Hall–Kier alpha value is -0.0800. The highest BCUT2D eigenvalue weighted by atomic mass is 16.5. The Morgan fingerprint density at radius 2 is 2.40 bits per heavy atom. The van der Waals surface area contributed by atoms with E-state index in [0.29, 0.717) is 12.0 Å². The minimum atomic E-state index is 0.255. The van der Waals surface area contributed by atoms with Crippen LogP contribution in [0.2, 0.25) is 0 Å². The summed E-state index contributed by atoms with van der Waals surface area (Å²) in [6.45, 7) is 3.18. The Morgan fingerprint density at radius 1 is 1.60 bits per heavy atom. The SMILES string of the molecule is CC(CO)C1CCCCO1. The third-order valence-corrected chi connectivity index (χ3v) is 2.14. The van der Waals surface area contributed by atoms with E-state index in [1.54, 1.807) is 0 Å². The molecule has 2 heteroatoms. The number of aliphatic hydroxyl groups excluding tert-OH is 1. The van der Waals surface area contributed by atoms with E-state index in [-0.39, 0.29) is 6.61 Å². The standard InChI is InChI=1S/C8H16O2/c1-7(6-9)8-4-2-3-5-10-8/h7-9H,2-6H2,1H3. The summed E-state index contributed by atoms with van der Waals surface area (Å²) in [6.07, 6.45) is 3.89. The lowest BCUT2D eigenvalue weighted by Gasteiger charge is -2.26. The van der Waals surface area contributed by atoms with Crippen LogP contribution in [0.4, 0.5) is 0 Å². The van der Waals surface area contributed by atoms with Gasteiger partial charge < -0.3 is 9.84 Å². The maximum Gasteiger partial charge on any atom is 0.0622 e. The Bertz CT molecular complexity index is 87.3. The maximum atomic E-state index is 8.81. The van der Waals surface area contributed by atoms with Crippen molar-refractivity contribution in [2.24, 2.45) is 5.92 Å². The smallest absolute Gasteiger partial charge is 0.0622 e. The van der Waals surface area contributed by atoms with Crippen LogP contribution in [0.3, 0.4) is 0 Å². The molecule has 2 atom stereocenters. The van der Waals surface area contributed by atoms with Gasteiger partial charge in [-0.15, -0.1) is 0 Å². The third-order valence-electron chi connectivity index (χ3n) is 2.14. The lowest BCUT2D eigenvalue weighted by atomic mass is 9.98. The summed E-state index contributed by atoms with van der Waals surface area (Å²) < 4.78 is 5.47. The lowest BCUT2D eigenvalue weighted by Crippen LogP contribution is -2.28. The Kier molecular flexibility index (Phi) is 3.16. The van der Waals surface area contributed by atoms with Crippen LogP contribution >= 0.6 is 0 Å². The minimum Gasteiger partial charge on any atom is -0.396 e. The van der Waals surface area contributed by atoms with E-state index < -0.39 is 0 Å². The van der Waals surface area contributed by atoms with Gasteiger partial charge in [0.25, 0.3) is 0 Å². The van der Waals surface area contributed by atoms with Crippen LogP contribution in [-0.2, 0) is 4.74 Å². The fourth-order valence-electron chi connectivity index (χ4n) is 1.33. The molecule has 0 aromatic rings. The molecule has 0 aromatic carbocycles. The summed E-state index contributed by atoms with van der Waals surface area (Å²) in [4.78, 5) is 0. The van der Waals surface area contributed by atoms with Gasteiger partial charge in [0.2, 0.25) is 0 Å². The quantitative estimate of drug-likeness (QED) is 0.630. The van der Waals surface area contributed by atoms with E-state index in [2.05, 4.69) is 0 Å². The van der Waals surface area contributed by atoms with Gasteiger partial charge in [0.1, 0.15) is 0 Å². The zero-order valence-corrected chi connectivity index (χ0v) is 6.55. The van der Waals surface area contributed by atoms with Gasteiger partial charge in [0.05, 0.1) is 6.10 Å². The van der Waals surface area contributed by atoms with Gasteiger partial charge in [-0.3, -0.25) is 0 Å². The second kappa shape index (κ2) is 3.94. The van der Waals surface area contributed by atoms with Crippen molar-refractivity contribution in [3.8, 4) is 0 Å². The number of rotatable bonds is 2. The number of ether oxygens (including phenoxy) is 1. The van der Waals surface area contributed by atoms with Gasteiger partial charge in [-0.2, -0.15) is 0 Å². The van der Waals surface area contributed by atoms with Crippen molar-refractivity contribution < 1.29 is 9.84 Å². The van der Waals surface area contributed by atoms with Crippen LogP contribution in [0, 0.1) is 5.92 Å². The van der Waals surface area contributed by atoms with Crippen LogP contribution in [-0.4, -0.2) is 24.4 Å². The molecule has 0 amide bonds. The molecule has 10 heavy (non-hydrogen) atoms. The largest absolute Gasteiger partial charge is 0.396 e. The molecule has 0 radical (unpaired) electrons. The lowest BCUT2D eigenvalue weighted by molar-refractivity contribution is -0.0298. The number of aliphatic hydroxyl groups is 1. The first kappa shape index (κ1) is 8.02. The van der Waals surface area contributed by atoms with Gasteiger partial charge in [-0.05, 0) is 19.3 Å². The second-order valence-electron chi connectivity index (χ2n) is 3.06. The van der Waals surface area contributed by atoms with Crippen LogP contribution in [0.1, 0.15) is 26.2 Å². The molecular formula is C8H16O2. The molecular weight excluding hydrogens is 128 g/mol. The van der Waals surface area contributed by atoms with Crippen molar-refractivity contribution in [1.82, 2.24) is 0 Å². The van der Waals surface area contributed by atoms with Crippen molar-refractivity contribution in [3.63, 3.8) is 0 Å². The molecule has 1 N–H and O–H groups in total. The first-order valence-corrected chi connectivity index (χ1v) is 4.07. The fraction of sp³-hybridized carbons (Fsp3) is 1.00. The molecule has 1 fully saturated rings. The van der Waals surface area contributed by atoms with E-state index in [0.717, 1.165) is 13.0 Å². The molecule has 2 nitrogen and oxygen atoms in total. The molecule has 0 aromatic heterocycles. The van der Waals surface area contributed by atoms with Crippen molar-refractivity contribution in [3.05, 3.63) is 0 Å².